The van der Waals surface area contributed by atoms with Gasteiger partial charge >= 0.3 is 5.97 Å². The molecule has 3 amide bonds. The lowest BCUT2D eigenvalue weighted by Crippen LogP contribution is -2.66. The van der Waals surface area contributed by atoms with Crippen LogP contribution in [0.15, 0.2) is 10.6 Å². The highest BCUT2D eigenvalue weighted by Crippen LogP contribution is 2.51. The third-order valence-corrected chi connectivity index (χ3v) is 7.40. The topological polar surface area (TPSA) is 119 Å². The van der Waals surface area contributed by atoms with Gasteiger partial charge in [0.1, 0.15) is 5.70 Å². The van der Waals surface area contributed by atoms with E-state index in [1.165, 1.54) is 23.6 Å². The van der Waals surface area contributed by atoms with E-state index >= 15 is 0 Å². The number of hydrogen-bond acceptors (Lipinski definition) is 6. The summed E-state index contributed by atoms with van der Waals surface area (Å²) >= 11 is 1.45. The normalized spacial score (nSPS) is 32.0. The first-order valence-electron chi connectivity index (χ1n) is 9.73. The van der Waals surface area contributed by atoms with Gasteiger partial charge in [0.25, 0.3) is 0 Å². The van der Waals surface area contributed by atoms with Gasteiger partial charge in [0.15, 0.2) is 0 Å². The van der Waals surface area contributed by atoms with Crippen LogP contribution in [0.4, 0.5) is 0 Å². The smallest absolute Gasteiger partial charge is 0.353 e. The summed E-state index contributed by atoms with van der Waals surface area (Å²) in [6, 6.07) is -0.913. The molecule has 3 rings (SSSR count). The summed E-state index contributed by atoms with van der Waals surface area (Å²) in [6.45, 7) is 5.71. The van der Waals surface area contributed by atoms with Crippen LogP contribution in [-0.2, 0) is 19.2 Å². The number of thioether (sulfide) groups is 1. The minimum Gasteiger partial charge on any atom is -0.477 e. The van der Waals surface area contributed by atoms with E-state index in [-0.39, 0.29) is 52.7 Å². The average Bonchev–Trinajstić information content (AvgIpc) is 3.16. The molecule has 0 aliphatic carbocycles. The summed E-state index contributed by atoms with van der Waals surface area (Å²) in [5.41, 5.74) is 0.0474. The second-order valence-corrected chi connectivity index (χ2v) is 9.53. The Morgan fingerprint density at radius 3 is 2.55 bits per heavy atom. The maximum atomic E-state index is 12.7. The first kappa shape index (κ1) is 21.6. The molecule has 9 nitrogen and oxygen atoms in total. The van der Waals surface area contributed by atoms with Gasteiger partial charge in [-0.05, 0) is 13.3 Å². The molecule has 3 N–H and O–H groups in total. The summed E-state index contributed by atoms with van der Waals surface area (Å²) in [4.78, 5) is 51.9. The molecule has 160 valence electrons. The van der Waals surface area contributed by atoms with Crippen LogP contribution in [0.1, 0.15) is 27.2 Å². The summed E-state index contributed by atoms with van der Waals surface area (Å²) in [5.74, 6) is -2.18. The molecule has 3 heterocycles. The first-order chi connectivity index (χ1) is 13.5. The van der Waals surface area contributed by atoms with Crippen molar-refractivity contribution in [1.29, 1.82) is 0 Å². The van der Waals surface area contributed by atoms with Gasteiger partial charge in [0.05, 0.1) is 18.0 Å². The summed E-state index contributed by atoms with van der Waals surface area (Å²) in [6.07, 6.45) is 0.606. The fourth-order valence-electron chi connectivity index (χ4n) is 4.58. The predicted molar refractivity (Wildman–Crippen MR) is 108 cm³/mol. The van der Waals surface area contributed by atoms with Crippen molar-refractivity contribution in [2.45, 2.75) is 50.6 Å². The molecule has 2 saturated heterocycles. The highest BCUT2D eigenvalue weighted by Gasteiger charge is 2.60. The maximum Gasteiger partial charge on any atom is 0.353 e. The Balaban J connectivity index is 1.77. The molecular weight excluding hydrogens is 396 g/mol. The number of rotatable bonds is 6. The molecule has 0 saturated carbocycles. The zero-order valence-electron chi connectivity index (χ0n) is 17.3. The number of amides is 3. The van der Waals surface area contributed by atoms with Crippen molar-refractivity contribution >= 4 is 35.5 Å². The third-order valence-electron chi connectivity index (χ3n) is 5.88. The maximum absolute atomic E-state index is 12.7. The van der Waals surface area contributed by atoms with Crippen molar-refractivity contribution in [2.24, 2.45) is 11.8 Å². The van der Waals surface area contributed by atoms with E-state index in [9.17, 15) is 24.3 Å². The van der Waals surface area contributed by atoms with Gasteiger partial charge in [0, 0.05) is 49.7 Å². The number of carbonyl (C=O) groups excluding carboxylic acids is 3. The molecule has 6 atom stereocenters. The Bertz CT molecular complexity index is 783. The summed E-state index contributed by atoms with van der Waals surface area (Å²) in [7, 11) is 3.42. The number of fused-ring (bicyclic) bond motifs is 1. The SMILES string of the molecule is CC(=O)N[C@H](C)[C@H]1C(=O)N2C(C(=O)O)=C(S[C@@H]3CN[C@H](C(=O)N(C)C)C3)[C@H](C)[C@H]12. The summed E-state index contributed by atoms with van der Waals surface area (Å²) in [5, 5.41) is 15.8. The lowest BCUT2D eigenvalue weighted by Gasteiger charge is -2.47. The van der Waals surface area contributed by atoms with Crippen molar-refractivity contribution in [1.82, 2.24) is 20.4 Å². The van der Waals surface area contributed by atoms with Gasteiger partial charge < -0.3 is 25.5 Å². The number of nitrogens with zero attached hydrogens (tertiary/aromatic N) is 2. The Morgan fingerprint density at radius 2 is 2.00 bits per heavy atom. The fraction of sp³-hybridized carbons (Fsp3) is 0.684. The molecule has 0 aromatic heterocycles. The molecule has 0 aromatic rings. The first-order valence-corrected chi connectivity index (χ1v) is 10.6. The van der Waals surface area contributed by atoms with Gasteiger partial charge in [-0.25, -0.2) is 4.79 Å². The van der Waals surface area contributed by atoms with Crippen molar-refractivity contribution in [3.05, 3.63) is 10.6 Å². The minimum absolute atomic E-state index is 0.00296. The van der Waals surface area contributed by atoms with Crippen LogP contribution in [0, 0.1) is 11.8 Å². The van der Waals surface area contributed by atoms with E-state index in [4.69, 9.17) is 0 Å². The number of nitrogens with one attached hydrogen (secondary N) is 2. The van der Waals surface area contributed by atoms with Crippen molar-refractivity contribution in [2.75, 3.05) is 20.6 Å². The summed E-state index contributed by atoms with van der Waals surface area (Å²) < 4.78 is 0. The minimum atomic E-state index is -1.12. The van der Waals surface area contributed by atoms with E-state index in [0.717, 1.165) is 0 Å². The molecule has 29 heavy (non-hydrogen) atoms. The van der Waals surface area contributed by atoms with E-state index in [1.807, 2.05) is 6.92 Å². The Morgan fingerprint density at radius 1 is 1.34 bits per heavy atom. The average molecular weight is 425 g/mol. The van der Waals surface area contributed by atoms with Crippen molar-refractivity contribution < 1.29 is 24.3 Å². The van der Waals surface area contributed by atoms with Crippen molar-refractivity contribution in [3.63, 3.8) is 0 Å². The van der Waals surface area contributed by atoms with Gasteiger partial charge in [-0.3, -0.25) is 14.4 Å². The molecule has 0 spiro atoms. The molecule has 0 bridgehead atoms. The van der Waals surface area contributed by atoms with Gasteiger partial charge in [0.2, 0.25) is 17.7 Å². The molecule has 10 heteroatoms. The Hall–Kier alpha value is -2.07. The molecule has 2 fully saturated rings. The number of likely N-dealkylation sites (N-methyl/N-ethyl adjacent to an activating group) is 1. The van der Waals surface area contributed by atoms with Gasteiger partial charge in [-0.2, -0.15) is 0 Å². The van der Waals surface area contributed by atoms with E-state index in [1.54, 1.807) is 25.9 Å². The lowest BCUT2D eigenvalue weighted by atomic mass is 9.78. The van der Waals surface area contributed by atoms with Crippen LogP contribution in [0.5, 0.6) is 0 Å². The van der Waals surface area contributed by atoms with E-state index in [0.29, 0.717) is 17.9 Å². The monoisotopic (exact) mass is 424 g/mol. The van der Waals surface area contributed by atoms with Crippen LogP contribution >= 0.6 is 11.8 Å². The standard InChI is InChI=1S/C19H28N4O5S/c1-8-14-13(9(2)21-10(3)24)18(26)23(14)15(19(27)28)16(8)29-11-6-12(20-7-11)17(25)22(4)5/h8-9,11-14,20H,6-7H2,1-5H3,(H,21,24)(H,27,28)/t8-,9-,11+,12+,13-,14-/m1/s1. The number of carbonyl (C=O) groups is 4. The van der Waals surface area contributed by atoms with Gasteiger partial charge in [-0.15, -0.1) is 11.8 Å². The largest absolute Gasteiger partial charge is 0.477 e. The lowest BCUT2D eigenvalue weighted by molar-refractivity contribution is -0.158. The third kappa shape index (κ3) is 3.75. The zero-order valence-corrected chi connectivity index (χ0v) is 18.1. The highest BCUT2D eigenvalue weighted by atomic mass is 32.2. The quantitative estimate of drug-likeness (QED) is 0.507. The predicted octanol–water partition coefficient (Wildman–Crippen LogP) is -0.164. The fourth-order valence-corrected chi connectivity index (χ4v) is 6.06. The van der Waals surface area contributed by atoms with E-state index < -0.39 is 11.9 Å². The zero-order chi connectivity index (χ0) is 21.6. The molecule has 3 aliphatic rings. The Kier molecular flexibility index (Phi) is 5.96. The van der Waals surface area contributed by atoms with Crippen LogP contribution in [0.25, 0.3) is 0 Å². The van der Waals surface area contributed by atoms with Crippen LogP contribution < -0.4 is 10.6 Å². The van der Waals surface area contributed by atoms with E-state index in [2.05, 4.69) is 10.6 Å². The van der Waals surface area contributed by atoms with Crippen LogP contribution in [-0.4, -0.2) is 82.6 Å². The molecular formula is C19H28N4O5S. The molecule has 0 aromatic carbocycles. The second kappa shape index (κ2) is 7.98. The highest BCUT2D eigenvalue weighted by molar-refractivity contribution is 8.03. The molecule has 0 unspecified atom stereocenters. The number of hydrogen-bond donors (Lipinski definition) is 3. The second-order valence-electron chi connectivity index (χ2n) is 8.19. The van der Waals surface area contributed by atoms with Crippen molar-refractivity contribution in [3.8, 4) is 0 Å². The number of carboxylic acids is 1. The van der Waals surface area contributed by atoms with Crippen LogP contribution in [0.2, 0.25) is 0 Å². The number of aliphatic carboxylic acids is 1. The van der Waals surface area contributed by atoms with Crippen LogP contribution in [0.3, 0.4) is 0 Å². The number of carboxylic acid groups (broad SMARTS) is 1. The molecule has 3 aliphatic heterocycles. The Labute approximate surface area is 174 Å². The van der Waals surface area contributed by atoms with Gasteiger partial charge in [-0.1, -0.05) is 6.92 Å². The number of β-lactam (4-membered cyclic amide) rings is 1. The molecule has 0 radical (unpaired) electrons.